The van der Waals surface area contributed by atoms with Gasteiger partial charge < -0.3 is 15.3 Å². The molecule has 0 aliphatic carbocycles. The van der Waals surface area contributed by atoms with Gasteiger partial charge in [0.1, 0.15) is 17.3 Å². The van der Waals surface area contributed by atoms with E-state index >= 15 is 0 Å². The summed E-state index contributed by atoms with van der Waals surface area (Å²) >= 11 is 0. The Morgan fingerprint density at radius 3 is 0.969 bits per heavy atom. The summed E-state index contributed by atoms with van der Waals surface area (Å²) in [7, 11) is 0. The fraction of sp³-hybridized carbons (Fsp3) is 0.478. The minimum atomic E-state index is -0.703. The van der Waals surface area contributed by atoms with Crippen LogP contribution >= 0.6 is 0 Å². The first-order chi connectivity index (χ1) is 14.7. The van der Waals surface area contributed by atoms with E-state index < -0.39 is 5.41 Å². The summed E-state index contributed by atoms with van der Waals surface area (Å²) in [6.45, 7) is 10.4. The van der Waals surface area contributed by atoms with Crippen LogP contribution in [0.15, 0.2) is 49.0 Å². The van der Waals surface area contributed by atoms with Gasteiger partial charge in [0, 0.05) is 43.7 Å². The summed E-state index contributed by atoms with van der Waals surface area (Å²) in [4.78, 5) is 47.6. The lowest BCUT2D eigenvalue weighted by Crippen LogP contribution is -2.28. The largest absolute Gasteiger partial charge is 0.512 e. The van der Waals surface area contributed by atoms with E-state index in [0.29, 0.717) is 0 Å². The van der Waals surface area contributed by atoms with Crippen molar-refractivity contribution in [3.05, 3.63) is 34.0 Å². The zero-order chi connectivity index (χ0) is 25.1. The zero-order valence-electron chi connectivity index (χ0n) is 19.8. The molecule has 0 rings (SSSR count). The van der Waals surface area contributed by atoms with Crippen LogP contribution in [0.1, 0.15) is 48.5 Å². The van der Waals surface area contributed by atoms with Crippen molar-refractivity contribution in [3.63, 3.8) is 0 Å². The Morgan fingerprint density at radius 1 is 0.594 bits per heavy atom. The molecule has 0 spiro atoms. The molecule has 0 radical (unpaired) electrons. The summed E-state index contributed by atoms with van der Waals surface area (Å²) < 4.78 is 0. The predicted octanol–water partition coefficient (Wildman–Crippen LogP) is 3.47. The van der Waals surface area contributed by atoms with Gasteiger partial charge in [-0.1, -0.05) is 6.92 Å². The maximum absolute atomic E-state index is 11.6. The smallest absolute Gasteiger partial charge is 0.164 e. The van der Waals surface area contributed by atoms with Crippen molar-refractivity contribution < 1.29 is 29.7 Å². The number of aliphatic imine (C=N–C) groups is 3. The van der Waals surface area contributed by atoms with E-state index in [1.165, 1.54) is 60.2 Å². The third-order valence-electron chi connectivity index (χ3n) is 4.39. The molecule has 0 fully saturated rings. The van der Waals surface area contributed by atoms with Crippen LogP contribution in [-0.2, 0) is 14.4 Å². The molecule has 0 heterocycles. The van der Waals surface area contributed by atoms with Crippen molar-refractivity contribution in [1.29, 1.82) is 0 Å². The van der Waals surface area contributed by atoms with Gasteiger partial charge in [0.15, 0.2) is 17.3 Å². The van der Waals surface area contributed by atoms with Crippen molar-refractivity contribution in [2.75, 3.05) is 19.6 Å². The molecule has 0 amide bonds. The second kappa shape index (κ2) is 13.1. The number of allylic oxidation sites excluding steroid dienone is 6. The molecule has 9 nitrogen and oxygen atoms in total. The number of carbonyl (C=O) groups is 3. The second-order valence-corrected chi connectivity index (χ2v) is 7.89. The number of hydrogen-bond donors (Lipinski definition) is 3. The van der Waals surface area contributed by atoms with E-state index in [9.17, 15) is 29.7 Å². The molecular weight excluding hydrogens is 414 g/mol. The average Bonchev–Trinajstić information content (AvgIpc) is 2.64. The molecule has 0 aliphatic rings. The summed E-state index contributed by atoms with van der Waals surface area (Å²) in [6, 6.07) is 0. The van der Waals surface area contributed by atoms with Crippen molar-refractivity contribution >= 4 is 36.0 Å². The normalized spacial score (nSPS) is 16.6. The Kier molecular flexibility index (Phi) is 11.8. The van der Waals surface area contributed by atoms with Crippen LogP contribution in [-0.4, -0.2) is 70.9 Å². The highest BCUT2D eigenvalue weighted by Gasteiger charge is 2.24. The molecule has 0 aromatic rings. The Bertz CT molecular complexity index is 791. The first-order valence-electron chi connectivity index (χ1n) is 9.93. The lowest BCUT2D eigenvalue weighted by atomic mass is 9.90. The highest BCUT2D eigenvalue weighted by Crippen LogP contribution is 2.19. The van der Waals surface area contributed by atoms with Gasteiger partial charge in [-0.05, 0) is 41.5 Å². The van der Waals surface area contributed by atoms with Gasteiger partial charge in [0.05, 0.1) is 16.7 Å². The highest BCUT2D eigenvalue weighted by atomic mass is 16.3. The fourth-order valence-corrected chi connectivity index (χ4v) is 2.54. The maximum atomic E-state index is 11.6. The van der Waals surface area contributed by atoms with Gasteiger partial charge in [-0.2, -0.15) is 0 Å². The molecule has 0 unspecified atom stereocenters. The third kappa shape index (κ3) is 10.1. The van der Waals surface area contributed by atoms with Gasteiger partial charge in [0.25, 0.3) is 0 Å². The molecule has 0 aromatic heterocycles. The van der Waals surface area contributed by atoms with Crippen molar-refractivity contribution in [1.82, 2.24) is 0 Å². The standard InChI is InChI=1S/C23H33N3O6/c1-14(27)20(15(2)28)8-24-11-23(7,12-25-9-21(16(3)29)17(4)30)13-26-10-22(18(5)31)19(6)32/h8-10,27,29,31H,11-13H2,1-7H3/b20-14+,21-16+,22-18+,24-8?,25-9?,26-10?. The van der Waals surface area contributed by atoms with E-state index in [4.69, 9.17) is 0 Å². The van der Waals surface area contributed by atoms with Gasteiger partial charge in [0.2, 0.25) is 0 Å². The van der Waals surface area contributed by atoms with E-state index in [-0.39, 0.29) is 71.0 Å². The van der Waals surface area contributed by atoms with E-state index in [2.05, 4.69) is 15.0 Å². The number of Topliss-reactive ketones (excluding diaryl/α,β-unsaturated/α-hetero) is 3. The molecule has 0 saturated carbocycles. The third-order valence-corrected chi connectivity index (χ3v) is 4.39. The highest BCUT2D eigenvalue weighted by molar-refractivity contribution is 6.13. The van der Waals surface area contributed by atoms with Crippen molar-refractivity contribution in [3.8, 4) is 0 Å². The van der Waals surface area contributed by atoms with E-state index in [1.807, 2.05) is 6.92 Å². The van der Waals surface area contributed by atoms with Crippen LogP contribution in [0.5, 0.6) is 0 Å². The fourth-order valence-electron chi connectivity index (χ4n) is 2.54. The number of carbonyl (C=O) groups excluding carboxylic acids is 3. The van der Waals surface area contributed by atoms with E-state index in [1.54, 1.807) is 0 Å². The van der Waals surface area contributed by atoms with Gasteiger partial charge >= 0.3 is 0 Å². The molecule has 0 aliphatic heterocycles. The molecule has 3 N–H and O–H groups in total. The summed E-state index contributed by atoms with van der Waals surface area (Å²) in [5.41, 5.74) is -0.468. The van der Waals surface area contributed by atoms with Crippen LogP contribution in [0.4, 0.5) is 0 Å². The zero-order valence-corrected chi connectivity index (χ0v) is 19.8. The van der Waals surface area contributed by atoms with Crippen LogP contribution in [0.25, 0.3) is 0 Å². The predicted molar refractivity (Wildman–Crippen MR) is 126 cm³/mol. The molecule has 0 bridgehead atoms. The number of aliphatic hydroxyl groups is 3. The molecule has 9 heteroatoms. The number of aliphatic hydroxyl groups excluding tert-OH is 3. The average molecular weight is 448 g/mol. The summed E-state index contributed by atoms with van der Waals surface area (Å²) in [5.74, 6) is -1.46. The SMILES string of the molecule is CC(=O)/C(C=NCC(C)(CN=C/C(C(C)=O)=C(/C)O)CN=C/C(C(C)=O)=C(/C)O)=C(\C)O. The number of ketones is 3. The minimum absolute atomic E-state index is 0.0785. The Balaban J connectivity index is 5.86. The van der Waals surface area contributed by atoms with Gasteiger partial charge in [-0.15, -0.1) is 0 Å². The first-order valence-corrected chi connectivity index (χ1v) is 9.93. The molecular formula is C23H33N3O6. The number of rotatable bonds is 12. The Morgan fingerprint density at radius 2 is 0.812 bits per heavy atom. The van der Waals surface area contributed by atoms with E-state index in [0.717, 1.165) is 0 Å². The van der Waals surface area contributed by atoms with Crippen molar-refractivity contribution in [2.45, 2.75) is 48.5 Å². The van der Waals surface area contributed by atoms with Crippen LogP contribution in [0.2, 0.25) is 0 Å². The topological polar surface area (TPSA) is 149 Å². The summed E-state index contributed by atoms with van der Waals surface area (Å²) in [5, 5.41) is 28.9. The molecule has 32 heavy (non-hydrogen) atoms. The monoisotopic (exact) mass is 447 g/mol. The van der Waals surface area contributed by atoms with Gasteiger partial charge in [-0.3, -0.25) is 29.4 Å². The Hall–Kier alpha value is -3.36. The second-order valence-electron chi connectivity index (χ2n) is 7.89. The molecule has 176 valence electrons. The lowest BCUT2D eigenvalue weighted by Gasteiger charge is -2.23. The first kappa shape index (κ1) is 28.6. The van der Waals surface area contributed by atoms with Crippen LogP contribution in [0.3, 0.4) is 0 Å². The Labute approximate surface area is 188 Å². The lowest BCUT2D eigenvalue weighted by molar-refractivity contribution is -0.114. The molecule has 0 saturated heterocycles. The number of nitrogens with zero attached hydrogens (tertiary/aromatic N) is 3. The van der Waals surface area contributed by atoms with Crippen LogP contribution < -0.4 is 0 Å². The van der Waals surface area contributed by atoms with Crippen LogP contribution in [0, 0.1) is 5.41 Å². The van der Waals surface area contributed by atoms with Crippen molar-refractivity contribution in [2.24, 2.45) is 20.4 Å². The quantitative estimate of drug-likeness (QED) is 0.237. The molecule has 0 atom stereocenters. The summed E-state index contributed by atoms with van der Waals surface area (Å²) in [6.07, 6.45) is 3.84. The maximum Gasteiger partial charge on any atom is 0.164 e. The van der Waals surface area contributed by atoms with Gasteiger partial charge in [-0.25, -0.2) is 0 Å². The number of hydrogen-bond acceptors (Lipinski definition) is 9. The molecule has 0 aromatic carbocycles. The minimum Gasteiger partial charge on any atom is -0.512 e.